The second kappa shape index (κ2) is 16.9. The number of ketones is 1. The summed E-state index contributed by atoms with van der Waals surface area (Å²) in [6.45, 7) is 4.02. The van der Waals surface area contributed by atoms with E-state index >= 15 is 0 Å². The molecule has 6 fully saturated rings. The molecule has 20 heteroatoms. The summed E-state index contributed by atoms with van der Waals surface area (Å²) in [5, 5.41) is 119. The molecule has 5 saturated heterocycles. The minimum absolute atomic E-state index is 0.0720. The van der Waals surface area contributed by atoms with Crippen molar-refractivity contribution in [2.45, 2.75) is 169 Å². The summed E-state index contributed by atoms with van der Waals surface area (Å²) in [6, 6.07) is 0. The number of carbonyl (C=O) groups is 1. The highest BCUT2D eigenvalue weighted by atomic mass is 16.8. The van der Waals surface area contributed by atoms with Crippen LogP contribution in [0.15, 0.2) is 22.8 Å². The minimum atomic E-state index is -1.79. The van der Waals surface area contributed by atoms with E-state index in [-0.39, 0.29) is 30.6 Å². The van der Waals surface area contributed by atoms with Crippen LogP contribution >= 0.6 is 0 Å². The molecule has 4 aliphatic carbocycles. The summed E-state index contributed by atoms with van der Waals surface area (Å²) in [5.41, 5.74) is 1.52. The Morgan fingerprint density at radius 2 is 1.48 bits per heavy atom. The maximum Gasteiger partial charge on any atom is 0.203 e. The van der Waals surface area contributed by atoms with Crippen molar-refractivity contribution in [2.24, 2.45) is 35.0 Å². The predicted molar refractivity (Wildman–Crippen MR) is 204 cm³/mol. The highest BCUT2D eigenvalue weighted by molar-refractivity contribution is 6.04. The summed E-state index contributed by atoms with van der Waals surface area (Å²) in [4.78, 5) is 14.6. The molecule has 0 unspecified atom stereocenters. The first kappa shape index (κ1) is 45.5. The number of fused-ring (bicyclic) bond motifs is 6. The van der Waals surface area contributed by atoms with Gasteiger partial charge < -0.3 is 94.1 Å². The summed E-state index contributed by atoms with van der Waals surface area (Å²) >= 11 is 0. The van der Waals surface area contributed by atoms with E-state index in [1.54, 1.807) is 6.92 Å². The zero-order valence-corrected chi connectivity index (χ0v) is 34.8. The number of carbonyl (C=O) groups excluding carboxylic acids is 1. The quantitative estimate of drug-likeness (QED) is 0.109. The zero-order chi connectivity index (χ0) is 44.3. The van der Waals surface area contributed by atoms with Gasteiger partial charge in [-0.25, -0.2) is 0 Å². The van der Waals surface area contributed by atoms with Crippen LogP contribution < -0.4 is 0 Å². The van der Waals surface area contributed by atoms with Crippen molar-refractivity contribution in [3.05, 3.63) is 22.8 Å². The van der Waals surface area contributed by atoms with E-state index < -0.39 is 159 Å². The largest absolute Gasteiger partial charge is 0.396 e. The monoisotopic (exact) mass is 886 g/mol. The van der Waals surface area contributed by atoms with E-state index in [1.807, 2.05) is 13.0 Å². The van der Waals surface area contributed by atoms with Gasteiger partial charge >= 0.3 is 0 Å². The number of hydrogen-bond acceptors (Lipinski definition) is 20. The van der Waals surface area contributed by atoms with Gasteiger partial charge in [0.2, 0.25) is 5.79 Å². The van der Waals surface area contributed by atoms with Gasteiger partial charge in [-0.1, -0.05) is 31.1 Å². The highest BCUT2D eigenvalue weighted by Gasteiger charge is 2.69. The van der Waals surface area contributed by atoms with Crippen molar-refractivity contribution in [1.29, 1.82) is 0 Å². The van der Waals surface area contributed by atoms with E-state index in [0.29, 0.717) is 31.3 Å². The molecule has 9 aliphatic rings. The smallest absolute Gasteiger partial charge is 0.203 e. The molecule has 0 aromatic carbocycles. The van der Waals surface area contributed by atoms with Gasteiger partial charge in [0.25, 0.3) is 0 Å². The van der Waals surface area contributed by atoms with Crippen LogP contribution in [0.2, 0.25) is 0 Å². The molecule has 0 amide bonds. The molecule has 0 aromatic heterocycles. The van der Waals surface area contributed by atoms with Crippen LogP contribution in [0.1, 0.15) is 52.9 Å². The maximum absolute atomic E-state index is 14.6. The topological polar surface area (TPSA) is 313 Å². The Bertz CT molecular complexity index is 1750. The molecule has 0 aromatic rings. The number of ether oxygens (including phenoxy) is 8. The fourth-order valence-electron chi connectivity index (χ4n) is 12.2. The normalized spacial score (nSPS) is 55.4. The Morgan fingerprint density at radius 1 is 0.790 bits per heavy atom. The Labute approximate surface area is 357 Å². The summed E-state index contributed by atoms with van der Waals surface area (Å²) in [7, 11) is 0. The van der Waals surface area contributed by atoms with Gasteiger partial charge in [0, 0.05) is 35.2 Å². The van der Waals surface area contributed by atoms with Crippen molar-refractivity contribution in [1.82, 2.24) is 0 Å². The van der Waals surface area contributed by atoms with Gasteiger partial charge in [-0.05, 0) is 44.4 Å². The van der Waals surface area contributed by atoms with Gasteiger partial charge in [0.05, 0.1) is 50.8 Å². The average Bonchev–Trinajstić information content (AvgIpc) is 3.72. The van der Waals surface area contributed by atoms with E-state index in [0.717, 1.165) is 11.1 Å². The fraction of sp³-hybridized carbons (Fsp3) is 0.881. The molecule has 5 aliphatic heterocycles. The van der Waals surface area contributed by atoms with Gasteiger partial charge in [0.15, 0.2) is 24.7 Å². The van der Waals surface area contributed by atoms with Crippen LogP contribution in [0.4, 0.5) is 0 Å². The third kappa shape index (κ3) is 7.03. The van der Waals surface area contributed by atoms with Crippen molar-refractivity contribution in [2.75, 3.05) is 26.4 Å². The Balaban J connectivity index is 1.02. The maximum atomic E-state index is 14.6. The number of hydrogen-bond donors (Lipinski definition) is 11. The second-order valence-electron chi connectivity index (χ2n) is 19.2. The molecule has 9 rings (SSSR count). The van der Waals surface area contributed by atoms with Crippen molar-refractivity contribution < 1.29 is 98.9 Å². The Morgan fingerprint density at radius 3 is 2.23 bits per heavy atom. The number of allylic oxidation sites excluding steroid dienone is 1. The fourth-order valence-corrected chi connectivity index (χ4v) is 12.2. The standard InChI is InChI=1S/C42H62O20/c1-14-11-57-42(37(54)27(14)47)21(10-43)26-19-6-7-20-18(25(19)30(50)35(26)62-42)5-4-16-8-17(44)9-24(41(16,20)3)59-40-36(61-39-33(53)31(51)28(48)15(2)58-39)34(23(46)13-56-40)60-38-32(52)29(49)22(45)12-55-38/h4,14-15,17-18,20-24,26-29,31-40,43-49,51-54H,5-13H2,1-3H3/t14-,15-,17-,18+,20-,21-,22+,23-,24+,26+,27+,28-,29-,31+,32+,33+,34-,35-,36+,37-,38-,39-,40-,41-,42-/m0/s1. The Kier molecular flexibility index (Phi) is 12.4. The first-order valence-corrected chi connectivity index (χ1v) is 22.0. The van der Waals surface area contributed by atoms with Crippen LogP contribution in [0.5, 0.6) is 0 Å². The van der Waals surface area contributed by atoms with Gasteiger partial charge in [-0.2, -0.15) is 0 Å². The third-order valence-corrected chi connectivity index (χ3v) is 15.8. The molecule has 25 atom stereocenters. The summed E-state index contributed by atoms with van der Waals surface area (Å²) in [5.74, 6) is -4.34. The first-order chi connectivity index (χ1) is 29.4. The molecule has 1 spiro atoms. The molecule has 350 valence electrons. The molecule has 20 nitrogen and oxygen atoms in total. The van der Waals surface area contributed by atoms with Crippen molar-refractivity contribution >= 4 is 5.78 Å². The van der Waals surface area contributed by atoms with E-state index in [1.165, 1.54) is 6.92 Å². The van der Waals surface area contributed by atoms with Gasteiger partial charge in [-0.15, -0.1) is 0 Å². The number of aliphatic hydroxyl groups is 11. The molecule has 0 bridgehead atoms. The van der Waals surface area contributed by atoms with Crippen molar-refractivity contribution in [3.8, 4) is 0 Å². The zero-order valence-electron chi connectivity index (χ0n) is 34.8. The molecule has 5 heterocycles. The lowest BCUT2D eigenvalue weighted by Gasteiger charge is -2.56. The van der Waals surface area contributed by atoms with Gasteiger partial charge in [-0.3, -0.25) is 4.79 Å². The van der Waals surface area contributed by atoms with Crippen LogP contribution in [-0.2, 0) is 42.7 Å². The lowest BCUT2D eigenvalue weighted by Crippen LogP contribution is -2.65. The molecular formula is C42H62O20. The van der Waals surface area contributed by atoms with Crippen LogP contribution in [-0.4, -0.2) is 205 Å². The van der Waals surface area contributed by atoms with E-state index in [4.69, 9.17) is 37.9 Å². The number of aliphatic hydroxyl groups excluding tert-OH is 11. The molecule has 11 N–H and O–H groups in total. The molecule has 62 heavy (non-hydrogen) atoms. The van der Waals surface area contributed by atoms with Crippen molar-refractivity contribution in [3.63, 3.8) is 0 Å². The molecular weight excluding hydrogens is 824 g/mol. The Hall–Kier alpha value is -1.61. The van der Waals surface area contributed by atoms with E-state index in [9.17, 15) is 61.0 Å². The van der Waals surface area contributed by atoms with E-state index in [2.05, 4.69) is 0 Å². The molecule has 0 radical (unpaired) electrons. The number of Topliss-reactive ketones (excluding diaryl/α,β-unsaturated/α-hetero) is 1. The summed E-state index contributed by atoms with van der Waals surface area (Å²) in [6.07, 6.45) is -21.3. The predicted octanol–water partition coefficient (Wildman–Crippen LogP) is -3.77. The number of rotatable bonds is 7. The average molecular weight is 887 g/mol. The third-order valence-electron chi connectivity index (χ3n) is 15.8. The van der Waals surface area contributed by atoms with Crippen LogP contribution in [0.25, 0.3) is 0 Å². The minimum Gasteiger partial charge on any atom is -0.396 e. The van der Waals surface area contributed by atoms with Crippen LogP contribution in [0.3, 0.4) is 0 Å². The van der Waals surface area contributed by atoms with Gasteiger partial charge in [0.1, 0.15) is 67.1 Å². The lowest BCUT2D eigenvalue weighted by molar-refractivity contribution is -0.382. The SMILES string of the molecule is C[C@@H]1O[C@@H](O[C@H]2[C@H](O[C@@H]3C[C@@H](O)CC4=CC[C@H]5C6=C(CC[C@@H]5[C@]43C)[C@H]3[C@H](O[C@@]4(OC[C@H](C)[C@@H](O)[C@@H]4O)[C@H]3CO)C6=O)OC[C@H](O)[C@@H]2O[C@@H]2OC[C@@H](O)[C@H](O)[C@H]2O)[C@H](O)[C@H](O)[C@H]1O. The second-order valence-corrected chi connectivity index (χ2v) is 19.2. The summed E-state index contributed by atoms with van der Waals surface area (Å²) < 4.78 is 49.0. The van der Waals surface area contributed by atoms with Crippen LogP contribution in [0, 0.1) is 35.0 Å². The highest BCUT2D eigenvalue weighted by Crippen LogP contribution is 2.64. The first-order valence-electron chi connectivity index (χ1n) is 22.0. The lowest BCUT2D eigenvalue weighted by atomic mass is 9.51. The molecule has 1 saturated carbocycles.